The van der Waals surface area contributed by atoms with E-state index in [2.05, 4.69) is 17.9 Å². The van der Waals surface area contributed by atoms with Gasteiger partial charge in [-0.05, 0) is 57.1 Å². The van der Waals surface area contributed by atoms with E-state index >= 15 is 0 Å². The summed E-state index contributed by atoms with van der Waals surface area (Å²) in [6.45, 7) is 5.77. The number of nitrogens with zero attached hydrogens (tertiary/aromatic N) is 4. The summed E-state index contributed by atoms with van der Waals surface area (Å²) in [6.07, 6.45) is 3.93. The van der Waals surface area contributed by atoms with Crippen LogP contribution in [-0.4, -0.2) is 106 Å². The lowest BCUT2D eigenvalue weighted by atomic mass is 9.83. The number of carbonyl (C=O) groups is 2. The highest BCUT2D eigenvalue weighted by Gasteiger charge is 2.47. The van der Waals surface area contributed by atoms with Crippen LogP contribution in [0.25, 0.3) is 0 Å². The third kappa shape index (κ3) is 6.90. The molecule has 3 heterocycles. The number of rotatable bonds is 14. The Morgan fingerprint density at radius 3 is 2.45 bits per heavy atom. The van der Waals surface area contributed by atoms with Crippen molar-refractivity contribution in [1.29, 1.82) is 0 Å². The maximum atomic E-state index is 13.7. The van der Waals surface area contributed by atoms with Crippen molar-refractivity contribution >= 4 is 11.9 Å². The van der Waals surface area contributed by atoms with Gasteiger partial charge in [-0.25, -0.2) is 0 Å². The van der Waals surface area contributed by atoms with E-state index in [0.717, 1.165) is 49.1 Å². The third-order valence-electron chi connectivity index (χ3n) is 8.26. The van der Waals surface area contributed by atoms with Crippen molar-refractivity contribution in [3.8, 4) is 17.5 Å². The van der Waals surface area contributed by atoms with Gasteiger partial charge in [-0.2, -0.15) is 0 Å². The molecule has 3 N–H and O–H groups in total. The first-order chi connectivity index (χ1) is 19.2. The minimum absolute atomic E-state index is 0.0102. The van der Waals surface area contributed by atoms with E-state index in [1.165, 1.54) is 16.7 Å². The summed E-state index contributed by atoms with van der Waals surface area (Å²) in [7, 11) is 4.04. The minimum atomic E-state index is -0.906. The standard InChI is InChI=1S/C30H44N4O6/c1-4-5-14-32(15-6-13-31(2)3)28(37)20-33-19-23(21-7-8-25-22(18-21)12-17-40-25)29(30(38)39)24(33)11-16-34-26(35)9-10-27(34)36/h7-10,18,23-24,29,35-36H,4-6,11-17,19-20H2,1-3H3,(H,38,39)/t23-,24+,29-/m1/s1. The second kappa shape index (κ2) is 13.4. The van der Waals surface area contributed by atoms with E-state index in [9.17, 15) is 24.9 Å². The summed E-state index contributed by atoms with van der Waals surface area (Å²) >= 11 is 0. The summed E-state index contributed by atoms with van der Waals surface area (Å²) in [5, 5.41) is 30.8. The Kier molecular flexibility index (Phi) is 9.97. The molecule has 1 saturated heterocycles. The number of hydrogen-bond acceptors (Lipinski definition) is 7. The molecule has 1 amide bonds. The first-order valence-corrected chi connectivity index (χ1v) is 14.4. The van der Waals surface area contributed by atoms with Crippen LogP contribution in [0.5, 0.6) is 17.5 Å². The van der Waals surface area contributed by atoms with E-state index < -0.39 is 17.9 Å². The van der Waals surface area contributed by atoms with Crippen LogP contribution in [-0.2, 0) is 22.6 Å². The van der Waals surface area contributed by atoms with Crippen molar-refractivity contribution < 1.29 is 29.6 Å². The van der Waals surface area contributed by atoms with Gasteiger partial charge in [-0.1, -0.05) is 25.5 Å². The van der Waals surface area contributed by atoms with Crippen LogP contribution >= 0.6 is 0 Å². The van der Waals surface area contributed by atoms with Gasteiger partial charge in [-0.3, -0.25) is 19.1 Å². The SMILES string of the molecule is CCCCN(CCCN(C)C)C(=O)CN1C[C@H](c2ccc3c(c2)CCO3)[C@@H](C(=O)O)[C@@H]1CCn1c(O)ccc1O. The van der Waals surface area contributed by atoms with Gasteiger partial charge in [-0.15, -0.1) is 0 Å². The van der Waals surface area contributed by atoms with Crippen molar-refractivity contribution in [3.05, 3.63) is 41.5 Å². The van der Waals surface area contributed by atoms with Gasteiger partial charge in [0.05, 0.1) is 19.1 Å². The Balaban J connectivity index is 1.59. The van der Waals surface area contributed by atoms with E-state index in [-0.39, 0.29) is 36.7 Å². The average Bonchev–Trinajstić information content (AvgIpc) is 3.61. The molecule has 0 saturated carbocycles. The molecule has 4 rings (SSSR count). The Hall–Kier alpha value is -3.24. The van der Waals surface area contributed by atoms with Crippen LogP contribution in [0.1, 0.15) is 49.7 Å². The number of carbonyl (C=O) groups excluding carboxylic acids is 1. The van der Waals surface area contributed by atoms with Crippen LogP contribution in [0.4, 0.5) is 0 Å². The highest BCUT2D eigenvalue weighted by molar-refractivity contribution is 5.79. The molecule has 1 fully saturated rings. The zero-order valence-corrected chi connectivity index (χ0v) is 24.0. The van der Waals surface area contributed by atoms with Gasteiger partial charge in [0, 0.05) is 56.7 Å². The summed E-state index contributed by atoms with van der Waals surface area (Å²) in [6, 6.07) is 8.30. The van der Waals surface area contributed by atoms with Gasteiger partial charge < -0.3 is 29.9 Å². The monoisotopic (exact) mass is 556 g/mol. The first kappa shape index (κ1) is 29.7. The number of fused-ring (bicyclic) bond motifs is 1. The van der Waals surface area contributed by atoms with Crippen LogP contribution in [0.3, 0.4) is 0 Å². The molecule has 3 atom stereocenters. The summed E-state index contributed by atoms with van der Waals surface area (Å²) in [5.41, 5.74) is 2.03. The lowest BCUT2D eigenvalue weighted by molar-refractivity contribution is -0.144. The zero-order chi connectivity index (χ0) is 28.8. The molecule has 10 nitrogen and oxygen atoms in total. The fourth-order valence-corrected chi connectivity index (χ4v) is 6.13. The first-order valence-electron chi connectivity index (χ1n) is 14.4. The molecule has 2 aliphatic heterocycles. The van der Waals surface area contributed by atoms with Crippen LogP contribution in [0.15, 0.2) is 30.3 Å². The molecule has 0 spiro atoms. The zero-order valence-electron chi connectivity index (χ0n) is 24.0. The smallest absolute Gasteiger partial charge is 0.308 e. The van der Waals surface area contributed by atoms with Crippen LogP contribution in [0, 0.1) is 5.92 Å². The molecule has 0 bridgehead atoms. The second-order valence-corrected chi connectivity index (χ2v) is 11.3. The van der Waals surface area contributed by atoms with E-state index in [4.69, 9.17) is 4.74 Å². The van der Waals surface area contributed by atoms with Gasteiger partial charge in [0.25, 0.3) is 0 Å². The minimum Gasteiger partial charge on any atom is -0.494 e. The van der Waals surface area contributed by atoms with Crippen molar-refractivity contribution in [2.45, 2.75) is 57.5 Å². The van der Waals surface area contributed by atoms with Gasteiger partial charge in [0.15, 0.2) is 11.8 Å². The Morgan fingerprint density at radius 2 is 1.77 bits per heavy atom. The van der Waals surface area contributed by atoms with Gasteiger partial charge in [0.2, 0.25) is 5.91 Å². The molecule has 0 radical (unpaired) electrons. The number of likely N-dealkylation sites (tertiary alicyclic amines) is 1. The van der Waals surface area contributed by atoms with Crippen molar-refractivity contribution in [2.24, 2.45) is 5.92 Å². The van der Waals surface area contributed by atoms with Crippen LogP contribution < -0.4 is 4.74 Å². The number of hydrogen-bond donors (Lipinski definition) is 3. The van der Waals surface area contributed by atoms with Crippen LogP contribution in [0.2, 0.25) is 0 Å². The molecule has 1 aromatic heterocycles. The number of ether oxygens (including phenoxy) is 1. The molecule has 0 unspecified atom stereocenters. The predicted octanol–water partition coefficient (Wildman–Crippen LogP) is 2.97. The van der Waals surface area contributed by atoms with E-state index in [0.29, 0.717) is 32.7 Å². The van der Waals surface area contributed by atoms with Gasteiger partial charge >= 0.3 is 5.97 Å². The molecule has 2 aromatic rings. The highest BCUT2D eigenvalue weighted by atomic mass is 16.5. The lowest BCUT2D eigenvalue weighted by Gasteiger charge is -2.30. The topological polar surface area (TPSA) is 119 Å². The molecule has 1 aromatic carbocycles. The Morgan fingerprint density at radius 1 is 1.05 bits per heavy atom. The molecule has 40 heavy (non-hydrogen) atoms. The summed E-state index contributed by atoms with van der Waals surface area (Å²) in [5.74, 6) is -1.25. The molecule has 2 aliphatic rings. The number of aromatic nitrogens is 1. The van der Waals surface area contributed by atoms with Crippen molar-refractivity contribution in [1.82, 2.24) is 19.3 Å². The summed E-state index contributed by atoms with van der Waals surface area (Å²) < 4.78 is 7.03. The maximum absolute atomic E-state index is 13.7. The maximum Gasteiger partial charge on any atom is 0.308 e. The Bertz CT molecular complexity index is 1150. The highest BCUT2D eigenvalue weighted by Crippen LogP contribution is 2.41. The number of unbranched alkanes of at least 4 members (excludes halogenated alkanes) is 1. The normalized spacial score (nSPS) is 20.6. The quantitative estimate of drug-likeness (QED) is 0.325. The summed E-state index contributed by atoms with van der Waals surface area (Å²) in [4.78, 5) is 32.5. The van der Waals surface area contributed by atoms with Crippen molar-refractivity contribution in [3.63, 3.8) is 0 Å². The fraction of sp³-hybridized carbons (Fsp3) is 0.600. The number of aliphatic carboxylic acids is 1. The van der Waals surface area contributed by atoms with E-state index in [1.807, 2.05) is 36.0 Å². The molecular formula is C30H44N4O6. The Labute approximate surface area is 236 Å². The number of carboxylic acids is 1. The van der Waals surface area contributed by atoms with Crippen molar-refractivity contribution in [2.75, 3.05) is 53.4 Å². The molecule has 0 aliphatic carbocycles. The molecular weight excluding hydrogens is 512 g/mol. The number of amides is 1. The average molecular weight is 557 g/mol. The molecule has 10 heteroatoms. The third-order valence-corrected chi connectivity index (χ3v) is 8.26. The number of aromatic hydroxyl groups is 2. The van der Waals surface area contributed by atoms with Gasteiger partial charge in [0.1, 0.15) is 5.75 Å². The fourth-order valence-electron chi connectivity index (χ4n) is 6.13. The second-order valence-electron chi connectivity index (χ2n) is 11.3. The number of benzene rings is 1. The molecule has 220 valence electrons. The lowest BCUT2D eigenvalue weighted by Crippen LogP contribution is -2.45. The van der Waals surface area contributed by atoms with E-state index in [1.54, 1.807) is 0 Å². The number of carboxylic acid groups (broad SMARTS) is 1. The largest absolute Gasteiger partial charge is 0.494 e. The predicted molar refractivity (Wildman–Crippen MR) is 152 cm³/mol.